The van der Waals surface area contributed by atoms with E-state index < -0.39 is 15.6 Å². The first kappa shape index (κ1) is 24.5. The maximum atomic E-state index is 12.8. The Morgan fingerprint density at radius 2 is 1.78 bits per heavy atom. The zero-order valence-electron chi connectivity index (χ0n) is 19.2. The molecule has 1 fully saturated rings. The van der Waals surface area contributed by atoms with Crippen LogP contribution in [0.25, 0.3) is 0 Å². The molecule has 1 aromatic heterocycles. The number of sulfonamides is 1. The summed E-state index contributed by atoms with van der Waals surface area (Å²) < 4.78 is 24.5. The van der Waals surface area contributed by atoms with Crippen LogP contribution in [0.2, 0.25) is 5.02 Å². The smallest absolute Gasteiger partial charge is 0.259 e. The van der Waals surface area contributed by atoms with Gasteiger partial charge < -0.3 is 5.32 Å². The van der Waals surface area contributed by atoms with Crippen molar-refractivity contribution in [2.24, 2.45) is 0 Å². The van der Waals surface area contributed by atoms with Gasteiger partial charge in [0.15, 0.2) is 0 Å². The van der Waals surface area contributed by atoms with Gasteiger partial charge in [-0.1, -0.05) is 11.6 Å². The van der Waals surface area contributed by atoms with Crippen molar-refractivity contribution in [2.75, 3.05) is 30.4 Å². The zero-order valence-corrected chi connectivity index (χ0v) is 20.8. The van der Waals surface area contributed by atoms with E-state index in [-0.39, 0.29) is 11.2 Å². The lowest BCUT2D eigenvalue weighted by Gasteiger charge is -2.32. The van der Waals surface area contributed by atoms with E-state index in [0.29, 0.717) is 10.6 Å². The number of amides is 1. The van der Waals surface area contributed by atoms with Gasteiger partial charge in [0.2, 0.25) is 10.0 Å². The number of nitrogens with one attached hydrogen (secondary N) is 1. The summed E-state index contributed by atoms with van der Waals surface area (Å²) in [5, 5.41) is 3.42. The molecule has 0 saturated carbocycles. The number of carbonyl (C=O) groups excluding carboxylic acids is 1. The average Bonchev–Trinajstić information content (AvgIpc) is 3.35. The minimum Gasteiger partial charge on any atom is -0.387 e. The fraction of sp³-hybridized carbons (Fsp3) is 0.478. The van der Waals surface area contributed by atoms with Crippen molar-refractivity contribution in [3.8, 4) is 0 Å². The van der Waals surface area contributed by atoms with Crippen molar-refractivity contribution in [3.63, 3.8) is 0 Å². The minimum absolute atomic E-state index is 0.0262. The summed E-state index contributed by atoms with van der Waals surface area (Å²) in [4.78, 5) is 18.7. The number of hydrogen-bond acceptors (Lipinski definition) is 5. The second-order valence-corrected chi connectivity index (χ2v) is 11.7. The normalized spacial score (nSPS) is 17.8. The van der Waals surface area contributed by atoms with Crippen LogP contribution in [0.5, 0.6) is 0 Å². The Bertz CT molecular complexity index is 1100. The number of nitrogens with zero attached hydrogens (tertiary/aromatic N) is 3. The second-order valence-electron chi connectivity index (χ2n) is 8.77. The summed E-state index contributed by atoms with van der Waals surface area (Å²) >= 11 is 6.09. The second kappa shape index (κ2) is 9.37. The van der Waals surface area contributed by atoms with E-state index in [2.05, 4.69) is 10.3 Å². The van der Waals surface area contributed by atoms with Crippen LogP contribution < -0.4 is 10.2 Å². The van der Waals surface area contributed by atoms with Gasteiger partial charge in [-0.05, 0) is 70.4 Å². The highest BCUT2D eigenvalue weighted by Crippen LogP contribution is 2.42. The largest absolute Gasteiger partial charge is 0.387 e. The number of fused-ring (bicyclic) bond motifs is 1. The molecule has 2 aliphatic heterocycles. The predicted octanol–water partition coefficient (Wildman–Crippen LogP) is 4.49. The minimum atomic E-state index is -2.94. The van der Waals surface area contributed by atoms with E-state index in [1.165, 1.54) is 0 Å². The number of carbonyl (C=O) groups is 1. The van der Waals surface area contributed by atoms with Crippen molar-refractivity contribution in [3.05, 3.63) is 52.8 Å². The number of rotatable bonds is 4. The third-order valence-corrected chi connectivity index (χ3v) is 8.44. The standard InChI is InChI=1S/C16H16ClN3O.C7H15NO2S/c1-16(2)14-6-10(17)4-5-13(14)15(21)20(16)12-7-11(18-3)8-19-9-12;1-7(2)11(9,10)8-5-3-4-6-8/h4-9,18H,1-3H3;7H,3-6H2,1-2H3. The summed E-state index contributed by atoms with van der Waals surface area (Å²) in [5.41, 5.74) is 2.80. The molecular formula is C23H31ClN4O3S. The topological polar surface area (TPSA) is 82.6 Å². The SMILES string of the molecule is CC(C)S(=O)(=O)N1CCCC1.CNc1cncc(N2C(=O)c3ccc(Cl)cc3C2(C)C)c1. The average molecular weight is 479 g/mol. The molecule has 1 amide bonds. The van der Waals surface area contributed by atoms with E-state index in [0.717, 1.165) is 42.9 Å². The molecule has 0 atom stereocenters. The van der Waals surface area contributed by atoms with Crippen LogP contribution >= 0.6 is 11.6 Å². The maximum Gasteiger partial charge on any atom is 0.259 e. The lowest BCUT2D eigenvalue weighted by molar-refractivity contribution is 0.0982. The van der Waals surface area contributed by atoms with Crippen LogP contribution in [0.15, 0.2) is 36.7 Å². The molecule has 32 heavy (non-hydrogen) atoms. The summed E-state index contributed by atoms with van der Waals surface area (Å²) in [6, 6.07) is 7.32. The van der Waals surface area contributed by atoms with Crippen LogP contribution in [0, 0.1) is 0 Å². The Kier molecular flexibility index (Phi) is 7.17. The summed E-state index contributed by atoms with van der Waals surface area (Å²) in [6.07, 6.45) is 5.47. The van der Waals surface area contributed by atoms with E-state index in [1.807, 2.05) is 33.0 Å². The van der Waals surface area contributed by atoms with Crippen molar-refractivity contribution in [1.29, 1.82) is 0 Å². The van der Waals surface area contributed by atoms with Gasteiger partial charge >= 0.3 is 0 Å². The van der Waals surface area contributed by atoms with Gasteiger partial charge in [-0.3, -0.25) is 14.7 Å². The zero-order chi connectivity index (χ0) is 23.7. The number of halogens is 1. The first-order valence-corrected chi connectivity index (χ1v) is 12.6. The lowest BCUT2D eigenvalue weighted by Crippen LogP contribution is -2.39. The highest BCUT2D eigenvalue weighted by molar-refractivity contribution is 7.89. The Labute approximate surface area is 195 Å². The van der Waals surface area contributed by atoms with Crippen molar-refractivity contribution in [2.45, 2.75) is 51.3 Å². The number of hydrogen-bond donors (Lipinski definition) is 1. The van der Waals surface area contributed by atoms with Gasteiger partial charge in [-0.15, -0.1) is 0 Å². The quantitative estimate of drug-likeness (QED) is 0.699. The molecule has 3 heterocycles. The third kappa shape index (κ3) is 4.63. The maximum absolute atomic E-state index is 12.8. The molecule has 1 aromatic carbocycles. The Hall–Kier alpha value is -2.16. The van der Waals surface area contributed by atoms with Crippen LogP contribution in [-0.2, 0) is 15.6 Å². The summed E-state index contributed by atoms with van der Waals surface area (Å²) in [7, 11) is -1.12. The van der Waals surface area contributed by atoms with E-state index in [1.54, 1.807) is 47.6 Å². The molecule has 0 aliphatic carbocycles. The highest BCUT2D eigenvalue weighted by Gasteiger charge is 2.44. The molecule has 2 aliphatic rings. The van der Waals surface area contributed by atoms with Crippen molar-refractivity contribution < 1.29 is 13.2 Å². The molecule has 0 unspecified atom stereocenters. The molecule has 7 nitrogen and oxygen atoms in total. The fourth-order valence-corrected chi connectivity index (χ4v) is 5.61. The summed E-state index contributed by atoms with van der Waals surface area (Å²) in [6.45, 7) is 8.93. The molecule has 1 N–H and O–H groups in total. The Morgan fingerprint density at radius 1 is 1.12 bits per heavy atom. The lowest BCUT2D eigenvalue weighted by atomic mass is 9.93. The monoisotopic (exact) mass is 478 g/mol. The number of pyridine rings is 1. The number of anilines is 2. The van der Waals surface area contributed by atoms with Crippen molar-refractivity contribution in [1.82, 2.24) is 9.29 Å². The van der Waals surface area contributed by atoms with Gasteiger partial charge in [-0.2, -0.15) is 0 Å². The van der Waals surface area contributed by atoms with E-state index in [4.69, 9.17) is 11.6 Å². The van der Waals surface area contributed by atoms with Gasteiger partial charge in [-0.25, -0.2) is 12.7 Å². The number of benzene rings is 1. The van der Waals surface area contributed by atoms with Crippen LogP contribution in [-0.4, -0.2) is 49.0 Å². The fourth-order valence-electron chi connectivity index (χ4n) is 4.07. The molecule has 2 aromatic rings. The van der Waals surface area contributed by atoms with Gasteiger partial charge in [0.05, 0.1) is 34.6 Å². The van der Waals surface area contributed by atoms with E-state index in [9.17, 15) is 13.2 Å². The van der Waals surface area contributed by atoms with Crippen LogP contribution in [0.4, 0.5) is 11.4 Å². The Balaban J connectivity index is 0.000000222. The molecule has 4 rings (SSSR count). The molecule has 0 bridgehead atoms. The first-order chi connectivity index (χ1) is 15.0. The molecule has 0 spiro atoms. The number of aromatic nitrogens is 1. The highest BCUT2D eigenvalue weighted by atomic mass is 35.5. The molecule has 9 heteroatoms. The van der Waals surface area contributed by atoms with Gasteiger partial charge in [0.1, 0.15) is 0 Å². The first-order valence-electron chi connectivity index (χ1n) is 10.8. The van der Waals surface area contributed by atoms with Crippen molar-refractivity contribution >= 4 is 38.9 Å². The molecular weight excluding hydrogens is 448 g/mol. The van der Waals surface area contributed by atoms with Gasteiger partial charge in [0, 0.05) is 30.7 Å². The molecule has 174 valence electrons. The molecule has 1 saturated heterocycles. The van der Waals surface area contributed by atoms with E-state index >= 15 is 0 Å². The Morgan fingerprint density at radius 3 is 2.38 bits per heavy atom. The predicted molar refractivity (Wildman–Crippen MR) is 130 cm³/mol. The third-order valence-electron chi connectivity index (χ3n) is 5.92. The van der Waals surface area contributed by atoms with Crippen LogP contribution in [0.1, 0.15) is 56.5 Å². The molecule has 0 radical (unpaired) electrons. The summed E-state index contributed by atoms with van der Waals surface area (Å²) in [5.74, 6) is -0.0262. The van der Waals surface area contributed by atoms with Gasteiger partial charge in [0.25, 0.3) is 5.91 Å². The van der Waals surface area contributed by atoms with Crippen LogP contribution in [0.3, 0.4) is 0 Å².